The van der Waals surface area contributed by atoms with E-state index in [1.807, 2.05) is 0 Å². The number of aryl methyl sites for hydroxylation is 2. The van der Waals surface area contributed by atoms with Gasteiger partial charge in [-0.05, 0) is 13.3 Å². The summed E-state index contributed by atoms with van der Waals surface area (Å²) in [6.07, 6.45) is 1.00. The molecule has 0 spiro atoms. The van der Waals surface area contributed by atoms with Crippen LogP contribution >= 0.6 is 11.6 Å². The average Bonchev–Trinajstić information content (AvgIpc) is 2.86. The maximum atomic E-state index is 12.0. The fourth-order valence-electron chi connectivity index (χ4n) is 1.96. The van der Waals surface area contributed by atoms with Crippen LogP contribution in [0.1, 0.15) is 22.5 Å². The molecule has 6 heteroatoms. The standard InChI is InChI=1S/C11H16ClN3O2/c1-7-9(10(12)15(2)14-7)11(16)13-5-8-3-4-17-6-8/h8H,3-6H2,1-2H3,(H,13,16)/t8-/m0/s1. The molecule has 17 heavy (non-hydrogen) atoms. The van der Waals surface area contributed by atoms with Gasteiger partial charge in [-0.1, -0.05) is 11.6 Å². The molecule has 1 aromatic heterocycles. The summed E-state index contributed by atoms with van der Waals surface area (Å²) >= 11 is 6.02. The number of nitrogens with zero attached hydrogens (tertiary/aromatic N) is 2. The van der Waals surface area contributed by atoms with Crippen molar-refractivity contribution < 1.29 is 9.53 Å². The molecule has 0 bridgehead atoms. The lowest BCUT2D eigenvalue weighted by Gasteiger charge is -2.09. The van der Waals surface area contributed by atoms with Crippen LogP contribution < -0.4 is 5.32 Å². The quantitative estimate of drug-likeness (QED) is 0.884. The second-order valence-corrected chi connectivity index (χ2v) is 4.67. The Morgan fingerprint density at radius 2 is 2.47 bits per heavy atom. The van der Waals surface area contributed by atoms with Crippen LogP contribution in [0, 0.1) is 12.8 Å². The molecule has 1 saturated heterocycles. The van der Waals surface area contributed by atoms with Crippen molar-refractivity contribution in [1.29, 1.82) is 0 Å². The smallest absolute Gasteiger partial charge is 0.256 e. The summed E-state index contributed by atoms with van der Waals surface area (Å²) in [5.74, 6) is 0.252. The molecule has 0 radical (unpaired) electrons. The van der Waals surface area contributed by atoms with Crippen LogP contribution in [0.2, 0.25) is 5.15 Å². The Kier molecular flexibility index (Phi) is 3.69. The highest BCUT2D eigenvalue weighted by Gasteiger charge is 2.21. The van der Waals surface area contributed by atoms with Crippen LogP contribution in [0.5, 0.6) is 0 Å². The van der Waals surface area contributed by atoms with Crippen molar-refractivity contribution in [2.24, 2.45) is 13.0 Å². The number of rotatable bonds is 3. The van der Waals surface area contributed by atoms with Gasteiger partial charge >= 0.3 is 0 Å². The van der Waals surface area contributed by atoms with Gasteiger partial charge in [0.05, 0.1) is 17.9 Å². The molecule has 5 nitrogen and oxygen atoms in total. The molecular weight excluding hydrogens is 242 g/mol. The summed E-state index contributed by atoms with van der Waals surface area (Å²) in [5, 5.41) is 7.37. The van der Waals surface area contributed by atoms with Gasteiger partial charge in [0.15, 0.2) is 0 Å². The molecule has 1 fully saturated rings. The zero-order valence-electron chi connectivity index (χ0n) is 9.99. The largest absolute Gasteiger partial charge is 0.381 e. The summed E-state index contributed by atoms with van der Waals surface area (Å²) in [6.45, 7) is 3.91. The zero-order valence-corrected chi connectivity index (χ0v) is 10.8. The third-order valence-electron chi connectivity index (χ3n) is 2.95. The van der Waals surface area contributed by atoms with E-state index in [0.717, 1.165) is 19.6 Å². The lowest BCUT2D eigenvalue weighted by molar-refractivity contribution is 0.0944. The summed E-state index contributed by atoms with van der Waals surface area (Å²) < 4.78 is 6.76. The number of nitrogens with one attached hydrogen (secondary N) is 1. The number of hydrogen-bond donors (Lipinski definition) is 1. The van der Waals surface area contributed by atoms with Gasteiger partial charge in [0, 0.05) is 26.1 Å². The average molecular weight is 258 g/mol. The summed E-state index contributed by atoms with van der Waals surface area (Å²) in [4.78, 5) is 12.0. The Balaban J connectivity index is 1.99. The minimum absolute atomic E-state index is 0.160. The molecule has 2 rings (SSSR count). The first-order chi connectivity index (χ1) is 8.09. The van der Waals surface area contributed by atoms with E-state index in [-0.39, 0.29) is 5.91 Å². The first kappa shape index (κ1) is 12.4. The van der Waals surface area contributed by atoms with Gasteiger partial charge in [-0.3, -0.25) is 9.48 Å². The van der Waals surface area contributed by atoms with E-state index in [1.54, 1.807) is 14.0 Å². The van der Waals surface area contributed by atoms with E-state index in [1.165, 1.54) is 4.68 Å². The SMILES string of the molecule is Cc1nn(C)c(Cl)c1C(=O)NC[C@@H]1CCOC1. The van der Waals surface area contributed by atoms with Crippen molar-refractivity contribution in [3.63, 3.8) is 0 Å². The maximum absolute atomic E-state index is 12.0. The highest BCUT2D eigenvalue weighted by atomic mass is 35.5. The number of amides is 1. The topological polar surface area (TPSA) is 56.2 Å². The number of aromatic nitrogens is 2. The van der Waals surface area contributed by atoms with Crippen molar-refractivity contribution in [3.8, 4) is 0 Å². The van der Waals surface area contributed by atoms with E-state index < -0.39 is 0 Å². The van der Waals surface area contributed by atoms with Crippen LogP contribution in [0.3, 0.4) is 0 Å². The highest BCUT2D eigenvalue weighted by molar-refractivity contribution is 6.33. The first-order valence-corrected chi connectivity index (χ1v) is 6.02. The van der Waals surface area contributed by atoms with Crippen LogP contribution in [0.25, 0.3) is 0 Å². The van der Waals surface area contributed by atoms with Crippen molar-refractivity contribution >= 4 is 17.5 Å². The number of carbonyl (C=O) groups excluding carboxylic acids is 1. The molecule has 2 heterocycles. The number of hydrogen-bond acceptors (Lipinski definition) is 3. The second kappa shape index (κ2) is 5.06. The number of ether oxygens (including phenoxy) is 1. The van der Waals surface area contributed by atoms with Crippen molar-refractivity contribution in [3.05, 3.63) is 16.4 Å². The molecule has 1 atom stereocenters. The van der Waals surface area contributed by atoms with E-state index in [0.29, 0.717) is 28.9 Å². The highest BCUT2D eigenvalue weighted by Crippen LogP contribution is 2.18. The molecule has 1 amide bonds. The van der Waals surface area contributed by atoms with Gasteiger partial charge in [-0.25, -0.2) is 0 Å². The van der Waals surface area contributed by atoms with Gasteiger partial charge < -0.3 is 10.1 Å². The lowest BCUT2D eigenvalue weighted by Crippen LogP contribution is -2.29. The van der Waals surface area contributed by atoms with Crippen molar-refractivity contribution in [2.45, 2.75) is 13.3 Å². The summed E-state index contributed by atoms with van der Waals surface area (Å²) in [5.41, 5.74) is 1.12. The van der Waals surface area contributed by atoms with Gasteiger partial charge in [0.25, 0.3) is 5.91 Å². The molecule has 94 valence electrons. The molecule has 1 aromatic rings. The monoisotopic (exact) mass is 257 g/mol. The third kappa shape index (κ3) is 2.61. The van der Waals surface area contributed by atoms with Crippen molar-refractivity contribution in [2.75, 3.05) is 19.8 Å². The van der Waals surface area contributed by atoms with E-state index in [9.17, 15) is 4.79 Å². The normalized spacial score (nSPS) is 19.6. The maximum Gasteiger partial charge on any atom is 0.256 e. The fourth-order valence-corrected chi connectivity index (χ4v) is 2.22. The minimum Gasteiger partial charge on any atom is -0.381 e. The van der Waals surface area contributed by atoms with Crippen LogP contribution in [0.15, 0.2) is 0 Å². The van der Waals surface area contributed by atoms with E-state index in [2.05, 4.69) is 10.4 Å². The second-order valence-electron chi connectivity index (χ2n) is 4.31. The first-order valence-electron chi connectivity index (χ1n) is 5.64. The summed E-state index contributed by atoms with van der Waals surface area (Å²) in [6, 6.07) is 0. The Morgan fingerprint density at radius 1 is 1.71 bits per heavy atom. The van der Waals surface area contributed by atoms with E-state index >= 15 is 0 Å². The number of carbonyl (C=O) groups is 1. The third-order valence-corrected chi connectivity index (χ3v) is 3.39. The van der Waals surface area contributed by atoms with E-state index in [4.69, 9.17) is 16.3 Å². The van der Waals surface area contributed by atoms with Gasteiger partial charge in [-0.2, -0.15) is 5.10 Å². The molecule has 0 aromatic carbocycles. The Hall–Kier alpha value is -1.07. The zero-order chi connectivity index (χ0) is 12.4. The van der Waals surface area contributed by atoms with Gasteiger partial charge in [-0.15, -0.1) is 0 Å². The Labute approximate surface area is 105 Å². The molecule has 0 saturated carbocycles. The Morgan fingerprint density at radius 3 is 3.00 bits per heavy atom. The van der Waals surface area contributed by atoms with Crippen molar-refractivity contribution in [1.82, 2.24) is 15.1 Å². The van der Waals surface area contributed by atoms with Crippen LogP contribution in [0.4, 0.5) is 0 Å². The summed E-state index contributed by atoms with van der Waals surface area (Å²) in [7, 11) is 1.72. The number of halogens is 1. The van der Waals surface area contributed by atoms with Gasteiger partial charge in [0.1, 0.15) is 5.15 Å². The molecule has 1 aliphatic heterocycles. The molecular formula is C11H16ClN3O2. The van der Waals surface area contributed by atoms with Crippen LogP contribution in [-0.2, 0) is 11.8 Å². The molecule has 1 aliphatic rings. The van der Waals surface area contributed by atoms with Gasteiger partial charge in [0.2, 0.25) is 0 Å². The molecule has 0 aliphatic carbocycles. The lowest BCUT2D eigenvalue weighted by atomic mass is 10.1. The predicted molar refractivity (Wildman–Crippen MR) is 64.2 cm³/mol. The molecule has 0 unspecified atom stereocenters. The minimum atomic E-state index is -0.160. The molecule has 1 N–H and O–H groups in total. The van der Waals surface area contributed by atoms with Crippen LogP contribution in [-0.4, -0.2) is 35.4 Å². The predicted octanol–water partition coefficient (Wildman–Crippen LogP) is 1.15. The fraction of sp³-hybridized carbons (Fsp3) is 0.636. The Bertz CT molecular complexity index is 425.